The molecule has 1 fully saturated rings. The first-order valence-corrected chi connectivity index (χ1v) is 9.14. The van der Waals surface area contributed by atoms with Crippen LogP contribution in [0.4, 0.5) is 10.2 Å². The van der Waals surface area contributed by atoms with Crippen molar-refractivity contribution < 1.29 is 13.9 Å². The Hall–Kier alpha value is -2.97. The Balaban J connectivity index is 1.46. The van der Waals surface area contributed by atoms with Crippen molar-refractivity contribution in [2.75, 3.05) is 38.2 Å². The minimum atomic E-state index is -0.414. The monoisotopic (exact) mass is 381 g/mol. The fourth-order valence-corrected chi connectivity index (χ4v) is 3.11. The van der Waals surface area contributed by atoms with Crippen LogP contribution in [0.25, 0.3) is 22.0 Å². The first-order valence-electron chi connectivity index (χ1n) is 9.14. The molecule has 3 aromatic heterocycles. The summed E-state index contributed by atoms with van der Waals surface area (Å²) < 4.78 is 18.7. The largest absolute Gasteiger partial charge is 0.379 e. The highest BCUT2D eigenvalue weighted by molar-refractivity contribution is 5.93. The number of anilines is 1. The number of hydrogen-bond donors (Lipinski definition) is 1. The molecule has 0 saturated carbocycles. The van der Waals surface area contributed by atoms with Gasteiger partial charge in [0, 0.05) is 55.6 Å². The predicted molar refractivity (Wildman–Crippen MR) is 103 cm³/mol. The number of fused-ring (bicyclic) bond motifs is 1. The van der Waals surface area contributed by atoms with Gasteiger partial charge in [0.15, 0.2) is 0 Å². The van der Waals surface area contributed by atoms with Gasteiger partial charge in [-0.25, -0.2) is 9.37 Å². The lowest BCUT2D eigenvalue weighted by atomic mass is 10.1. The zero-order chi connectivity index (χ0) is 19.3. The number of nitrogens with zero attached hydrogens (tertiary/aromatic N) is 4. The molecule has 3 aromatic rings. The van der Waals surface area contributed by atoms with Crippen LogP contribution in [0, 0.1) is 5.82 Å². The van der Waals surface area contributed by atoms with Crippen molar-refractivity contribution in [3.63, 3.8) is 0 Å². The lowest BCUT2D eigenvalue weighted by Gasteiger charge is -2.26. The molecule has 144 valence electrons. The van der Waals surface area contributed by atoms with Crippen LogP contribution < -0.4 is 5.32 Å². The van der Waals surface area contributed by atoms with Crippen LogP contribution in [0.15, 0.2) is 43.0 Å². The minimum absolute atomic E-state index is 0.0815. The summed E-state index contributed by atoms with van der Waals surface area (Å²) >= 11 is 0. The van der Waals surface area contributed by atoms with E-state index in [0.717, 1.165) is 30.1 Å². The summed E-state index contributed by atoms with van der Waals surface area (Å²) in [5.74, 6) is -0.0155. The summed E-state index contributed by atoms with van der Waals surface area (Å²) in [4.78, 5) is 26.9. The van der Waals surface area contributed by atoms with Crippen LogP contribution in [-0.2, 0) is 9.53 Å². The van der Waals surface area contributed by atoms with Gasteiger partial charge in [0.25, 0.3) is 0 Å². The molecule has 0 unspecified atom stereocenters. The Kier molecular flexibility index (Phi) is 5.50. The number of nitrogens with one attached hydrogen (secondary N) is 1. The van der Waals surface area contributed by atoms with Crippen LogP contribution in [0.2, 0.25) is 0 Å². The van der Waals surface area contributed by atoms with Gasteiger partial charge in [0.1, 0.15) is 11.6 Å². The number of morpholine rings is 1. The highest BCUT2D eigenvalue weighted by Gasteiger charge is 2.12. The number of aromatic nitrogens is 3. The molecule has 0 bridgehead atoms. The van der Waals surface area contributed by atoms with Gasteiger partial charge in [-0.05, 0) is 23.6 Å². The van der Waals surface area contributed by atoms with Gasteiger partial charge >= 0.3 is 0 Å². The van der Waals surface area contributed by atoms with E-state index >= 15 is 0 Å². The molecule has 1 N–H and O–H groups in total. The summed E-state index contributed by atoms with van der Waals surface area (Å²) in [5, 5.41) is 4.53. The van der Waals surface area contributed by atoms with E-state index in [9.17, 15) is 9.18 Å². The molecule has 7 nitrogen and oxygen atoms in total. The van der Waals surface area contributed by atoms with E-state index in [1.54, 1.807) is 24.7 Å². The minimum Gasteiger partial charge on any atom is -0.379 e. The second-order valence-corrected chi connectivity index (χ2v) is 6.63. The summed E-state index contributed by atoms with van der Waals surface area (Å²) in [6.45, 7) is 3.83. The van der Waals surface area contributed by atoms with Crippen molar-refractivity contribution in [3.05, 3.63) is 48.8 Å². The van der Waals surface area contributed by atoms with Crippen LogP contribution in [0.3, 0.4) is 0 Å². The van der Waals surface area contributed by atoms with E-state index in [4.69, 9.17) is 4.74 Å². The molecule has 1 amide bonds. The molecule has 0 spiro atoms. The number of carbonyl (C=O) groups excluding carboxylic acids is 1. The fourth-order valence-electron chi connectivity index (χ4n) is 3.11. The molecule has 1 aliphatic heterocycles. The van der Waals surface area contributed by atoms with Gasteiger partial charge in [0.2, 0.25) is 5.91 Å². The number of hydrogen-bond acceptors (Lipinski definition) is 6. The van der Waals surface area contributed by atoms with E-state index in [1.165, 1.54) is 6.07 Å². The summed E-state index contributed by atoms with van der Waals surface area (Å²) in [5.41, 5.74) is 1.20. The van der Waals surface area contributed by atoms with E-state index in [-0.39, 0.29) is 5.91 Å². The second-order valence-electron chi connectivity index (χ2n) is 6.63. The third-order valence-corrected chi connectivity index (χ3v) is 4.63. The zero-order valence-corrected chi connectivity index (χ0v) is 15.3. The van der Waals surface area contributed by atoms with E-state index < -0.39 is 5.82 Å². The molecule has 8 heteroatoms. The maximum absolute atomic E-state index is 13.4. The second kappa shape index (κ2) is 8.37. The number of rotatable bonds is 5. The van der Waals surface area contributed by atoms with Gasteiger partial charge in [-0.15, -0.1) is 0 Å². The van der Waals surface area contributed by atoms with Gasteiger partial charge in [-0.1, -0.05) is 0 Å². The number of ether oxygens (including phenoxy) is 1. The molecule has 4 heterocycles. The van der Waals surface area contributed by atoms with Crippen molar-refractivity contribution in [3.8, 4) is 11.3 Å². The van der Waals surface area contributed by atoms with E-state index in [0.29, 0.717) is 43.3 Å². The first kappa shape index (κ1) is 18.4. The molecule has 1 saturated heterocycles. The van der Waals surface area contributed by atoms with E-state index in [2.05, 4.69) is 25.2 Å². The molecule has 1 aliphatic rings. The lowest BCUT2D eigenvalue weighted by molar-refractivity contribution is -0.116. The Morgan fingerprint density at radius 1 is 1.07 bits per heavy atom. The van der Waals surface area contributed by atoms with Gasteiger partial charge < -0.3 is 10.1 Å². The molecule has 0 aromatic carbocycles. The standard InChI is InChI=1S/C20H20FN5O2/c21-17-7-15(10-22-13-17)18-8-14-9-19(24-12-16(14)11-23-18)25-20(27)1-2-26-3-5-28-6-4-26/h7-13H,1-6H2,(H,24,25,27). The zero-order valence-electron chi connectivity index (χ0n) is 15.3. The summed E-state index contributed by atoms with van der Waals surface area (Å²) in [7, 11) is 0. The smallest absolute Gasteiger partial charge is 0.226 e. The number of carbonyl (C=O) groups is 1. The van der Waals surface area contributed by atoms with Gasteiger partial charge in [0.05, 0.1) is 25.1 Å². The first-order chi connectivity index (χ1) is 13.7. The third kappa shape index (κ3) is 4.47. The van der Waals surface area contributed by atoms with E-state index in [1.807, 2.05) is 6.07 Å². The average Bonchev–Trinajstić information content (AvgIpc) is 2.72. The third-order valence-electron chi connectivity index (χ3n) is 4.63. The topological polar surface area (TPSA) is 80.2 Å². The highest BCUT2D eigenvalue weighted by Crippen LogP contribution is 2.23. The Labute approximate surface area is 161 Å². The molecular formula is C20H20FN5O2. The van der Waals surface area contributed by atoms with Crippen LogP contribution in [0.5, 0.6) is 0 Å². The summed E-state index contributed by atoms with van der Waals surface area (Å²) in [6.07, 6.45) is 6.45. The molecule has 4 rings (SSSR count). The molecule has 28 heavy (non-hydrogen) atoms. The van der Waals surface area contributed by atoms with Crippen molar-refractivity contribution in [1.82, 2.24) is 19.9 Å². The lowest BCUT2D eigenvalue weighted by Crippen LogP contribution is -2.38. The fraction of sp³-hybridized carbons (Fsp3) is 0.300. The maximum Gasteiger partial charge on any atom is 0.226 e. The van der Waals surface area contributed by atoms with Crippen molar-refractivity contribution >= 4 is 22.5 Å². The van der Waals surface area contributed by atoms with Gasteiger partial charge in [-0.2, -0.15) is 0 Å². The van der Waals surface area contributed by atoms with Crippen LogP contribution in [-0.4, -0.2) is 58.6 Å². The molecular weight excluding hydrogens is 361 g/mol. The van der Waals surface area contributed by atoms with Crippen molar-refractivity contribution in [1.29, 1.82) is 0 Å². The summed E-state index contributed by atoms with van der Waals surface area (Å²) in [6, 6.07) is 5.01. The SMILES string of the molecule is O=C(CCN1CCOCC1)Nc1cc2cc(-c3cncc(F)c3)ncc2cn1. The van der Waals surface area contributed by atoms with Gasteiger partial charge in [-0.3, -0.25) is 19.7 Å². The Morgan fingerprint density at radius 3 is 2.71 bits per heavy atom. The quantitative estimate of drug-likeness (QED) is 0.731. The Bertz CT molecular complexity index is 991. The molecule has 0 aliphatic carbocycles. The maximum atomic E-state index is 13.4. The molecule has 0 atom stereocenters. The normalized spacial score (nSPS) is 14.9. The van der Waals surface area contributed by atoms with Crippen LogP contribution >= 0.6 is 0 Å². The highest BCUT2D eigenvalue weighted by atomic mass is 19.1. The average molecular weight is 381 g/mol. The van der Waals surface area contributed by atoms with Crippen molar-refractivity contribution in [2.45, 2.75) is 6.42 Å². The molecule has 0 radical (unpaired) electrons. The number of amides is 1. The van der Waals surface area contributed by atoms with Crippen LogP contribution in [0.1, 0.15) is 6.42 Å². The number of halogens is 1. The predicted octanol–water partition coefficient (Wildman–Crippen LogP) is 2.49. The number of pyridine rings is 3. The van der Waals surface area contributed by atoms with Crippen molar-refractivity contribution in [2.24, 2.45) is 0 Å². The Morgan fingerprint density at radius 2 is 1.89 bits per heavy atom.